The molecule has 0 rings (SSSR count). The Kier molecular flexibility index (Phi) is 40.2. The molecule has 74 valence electrons. The van der Waals surface area contributed by atoms with E-state index in [4.69, 9.17) is 25.5 Å². The Balaban J connectivity index is -0.0000000450. The molecule has 0 aromatic heterocycles. The molecular formula is C6H13NO4SZn. The Hall–Kier alpha value is -0.127. The Labute approximate surface area is 95.9 Å². The van der Waals surface area contributed by atoms with Gasteiger partial charge in [0.15, 0.2) is 0 Å². The summed E-state index contributed by atoms with van der Waals surface area (Å²) in [6, 6.07) is 0. The maximum Gasteiger partial charge on any atom is 2.00 e. The van der Waals surface area contributed by atoms with Crippen LogP contribution in [0.25, 0.3) is 0 Å². The van der Waals surface area contributed by atoms with Gasteiger partial charge in [0.25, 0.3) is 0 Å². The average molecular weight is 261 g/mol. The van der Waals surface area contributed by atoms with Crippen LogP contribution in [0.3, 0.4) is 0 Å². The maximum absolute atomic E-state index is 8.89. The van der Waals surface area contributed by atoms with Gasteiger partial charge in [-0.2, -0.15) is 12.6 Å². The molecule has 5 nitrogen and oxygen atoms in total. The van der Waals surface area contributed by atoms with Gasteiger partial charge in [-0.15, -0.1) is 0 Å². The minimum atomic E-state index is -1.08. The fraction of sp³-hybridized carbons (Fsp3) is 0.667. The number of carbonyl (C=O) groups is 2. The average Bonchev–Trinajstić information content (AvgIpc) is 1.85. The zero-order valence-electron chi connectivity index (χ0n) is 7.78. The van der Waals surface area contributed by atoms with Crippen LogP contribution >= 0.6 is 12.6 Å². The van der Waals surface area contributed by atoms with Crippen molar-refractivity contribution in [3.63, 3.8) is 0 Å². The van der Waals surface area contributed by atoms with Crippen molar-refractivity contribution in [2.24, 2.45) is 5.73 Å². The summed E-state index contributed by atoms with van der Waals surface area (Å²) in [6.07, 6.45) is 0. The molecule has 0 radical (unpaired) electrons. The van der Waals surface area contributed by atoms with Gasteiger partial charge in [-0.1, -0.05) is 0 Å². The van der Waals surface area contributed by atoms with E-state index in [0.29, 0.717) is 6.54 Å². The van der Waals surface area contributed by atoms with E-state index < -0.39 is 11.9 Å². The third-order valence-corrected chi connectivity index (χ3v) is 0.387. The molecule has 0 atom stereocenters. The van der Waals surface area contributed by atoms with Crippen molar-refractivity contribution in [2.45, 2.75) is 13.8 Å². The number of aliphatic carboxylic acids is 2. The smallest absolute Gasteiger partial charge is 0.550 e. The van der Waals surface area contributed by atoms with Gasteiger partial charge < -0.3 is 25.5 Å². The van der Waals surface area contributed by atoms with Gasteiger partial charge >= 0.3 is 19.5 Å². The number of hydrogen-bond donors (Lipinski definition) is 2. The summed E-state index contributed by atoms with van der Waals surface area (Å²) in [5.74, 6) is -1.38. The molecule has 0 fully saturated rings. The van der Waals surface area contributed by atoms with Gasteiger partial charge in [0, 0.05) is 24.2 Å². The third kappa shape index (κ3) is 1520. The minimum absolute atomic E-state index is 0. The molecule has 7 heteroatoms. The van der Waals surface area contributed by atoms with Gasteiger partial charge in [0.2, 0.25) is 0 Å². The van der Waals surface area contributed by atoms with Crippen LogP contribution in [0.1, 0.15) is 13.8 Å². The quantitative estimate of drug-likeness (QED) is 0.397. The number of rotatable bonds is 1. The van der Waals surface area contributed by atoms with E-state index in [0.717, 1.165) is 19.6 Å². The largest absolute Gasteiger partial charge is 2.00 e. The summed E-state index contributed by atoms with van der Waals surface area (Å²) >= 11 is 3.80. The van der Waals surface area contributed by atoms with Gasteiger partial charge in [-0.3, -0.25) is 0 Å². The molecule has 2 N–H and O–H groups in total. The fourth-order valence-corrected chi connectivity index (χ4v) is 0. The van der Waals surface area contributed by atoms with Crippen LogP contribution in [0.5, 0.6) is 0 Å². The number of carboxylic acids is 2. The zero-order chi connectivity index (χ0) is 10.6. The summed E-state index contributed by atoms with van der Waals surface area (Å²) in [7, 11) is 0. The normalized spacial score (nSPS) is 6.15. The molecule has 13 heavy (non-hydrogen) atoms. The Morgan fingerprint density at radius 3 is 1.31 bits per heavy atom. The molecule has 0 bridgehead atoms. The first-order chi connectivity index (χ1) is 5.38. The van der Waals surface area contributed by atoms with Crippen molar-refractivity contribution in [1.29, 1.82) is 0 Å². The van der Waals surface area contributed by atoms with E-state index >= 15 is 0 Å². The van der Waals surface area contributed by atoms with Crippen molar-refractivity contribution < 1.29 is 39.3 Å². The molecule has 0 aliphatic carbocycles. The SMILES string of the molecule is CC(=O)[O-].CC(=O)[O-].NCCS.[Zn+2]. The monoisotopic (exact) mass is 259 g/mol. The van der Waals surface area contributed by atoms with Gasteiger partial charge in [-0.05, 0) is 13.8 Å². The van der Waals surface area contributed by atoms with E-state index in [9.17, 15) is 0 Å². The number of nitrogens with two attached hydrogens (primary N) is 1. The molecule has 0 aromatic rings. The van der Waals surface area contributed by atoms with Gasteiger partial charge in [0.1, 0.15) is 0 Å². The molecular weight excluding hydrogens is 248 g/mol. The van der Waals surface area contributed by atoms with E-state index in [1.54, 1.807) is 0 Å². The Morgan fingerprint density at radius 1 is 1.23 bits per heavy atom. The van der Waals surface area contributed by atoms with Crippen LogP contribution in [-0.2, 0) is 29.1 Å². The van der Waals surface area contributed by atoms with E-state index in [2.05, 4.69) is 12.6 Å². The van der Waals surface area contributed by atoms with Gasteiger partial charge in [-0.25, -0.2) is 0 Å². The Bertz CT molecular complexity index is 101. The second-order valence-corrected chi connectivity index (χ2v) is 1.94. The molecule has 0 unspecified atom stereocenters. The molecule has 0 amide bonds. The van der Waals surface area contributed by atoms with E-state index in [1.807, 2.05) is 0 Å². The summed E-state index contributed by atoms with van der Waals surface area (Å²) in [6.45, 7) is 2.63. The van der Waals surface area contributed by atoms with Crippen molar-refractivity contribution in [2.75, 3.05) is 12.3 Å². The van der Waals surface area contributed by atoms with Crippen molar-refractivity contribution in [3.05, 3.63) is 0 Å². The first kappa shape index (κ1) is 23.0. The third-order valence-electron chi connectivity index (χ3n) is 0.129. The van der Waals surface area contributed by atoms with Crippen LogP contribution in [0.4, 0.5) is 0 Å². The predicted molar refractivity (Wildman–Crippen MR) is 44.3 cm³/mol. The summed E-state index contributed by atoms with van der Waals surface area (Å²) < 4.78 is 0. The number of thiol groups is 1. The maximum atomic E-state index is 8.89. The predicted octanol–water partition coefficient (Wildman–Crippen LogP) is -2.62. The fourth-order valence-electron chi connectivity index (χ4n) is 0. The molecule has 0 aliphatic heterocycles. The standard InChI is InChI=1S/C2H7NS.2C2H4O2.Zn/c3-1-2-4;2*1-2(3)4;/h4H,1-3H2;2*1H3,(H,3,4);/q;;;+2/p-2. The summed E-state index contributed by atoms with van der Waals surface area (Å²) in [4.78, 5) is 17.8. The topological polar surface area (TPSA) is 106 Å². The number of carbonyl (C=O) groups excluding carboxylic acids is 2. The van der Waals surface area contributed by atoms with E-state index in [-0.39, 0.29) is 19.5 Å². The van der Waals surface area contributed by atoms with Crippen LogP contribution in [0.2, 0.25) is 0 Å². The minimum Gasteiger partial charge on any atom is -0.550 e. The Morgan fingerprint density at radius 2 is 1.31 bits per heavy atom. The van der Waals surface area contributed by atoms with Crippen LogP contribution in [0.15, 0.2) is 0 Å². The summed E-state index contributed by atoms with van der Waals surface area (Å²) in [5, 5.41) is 17.8. The second kappa shape index (κ2) is 22.6. The first-order valence-corrected chi connectivity index (χ1v) is 3.67. The molecule has 0 heterocycles. The first-order valence-electron chi connectivity index (χ1n) is 3.04. The van der Waals surface area contributed by atoms with E-state index in [1.165, 1.54) is 0 Å². The molecule has 0 saturated carbocycles. The van der Waals surface area contributed by atoms with Crippen LogP contribution in [-0.4, -0.2) is 24.2 Å². The van der Waals surface area contributed by atoms with Crippen LogP contribution < -0.4 is 15.9 Å². The van der Waals surface area contributed by atoms with Crippen molar-refractivity contribution >= 4 is 24.6 Å². The second-order valence-electron chi connectivity index (χ2n) is 1.50. The molecule has 0 spiro atoms. The number of carboxylic acid groups (broad SMARTS) is 2. The van der Waals surface area contributed by atoms with Gasteiger partial charge in [0.05, 0.1) is 0 Å². The van der Waals surface area contributed by atoms with Crippen molar-refractivity contribution in [3.8, 4) is 0 Å². The van der Waals surface area contributed by atoms with Crippen molar-refractivity contribution in [1.82, 2.24) is 0 Å². The molecule has 0 aromatic carbocycles. The molecule has 0 aliphatic rings. The van der Waals surface area contributed by atoms with Crippen LogP contribution in [0, 0.1) is 0 Å². The molecule has 0 saturated heterocycles. The summed E-state index contributed by atoms with van der Waals surface area (Å²) in [5.41, 5.74) is 4.95. The zero-order valence-corrected chi connectivity index (χ0v) is 11.6. The number of hydrogen-bond acceptors (Lipinski definition) is 6.